The molecule has 0 aromatic heterocycles. The number of nitrogen functional groups attached to an aromatic ring is 1. The first-order chi connectivity index (χ1) is 18.7. The molecule has 0 heterocycles. The second-order valence-electron chi connectivity index (χ2n) is 9.56. The molecule has 0 aliphatic rings. The summed E-state index contributed by atoms with van der Waals surface area (Å²) in [6, 6.07) is 8.95. The Hall–Kier alpha value is -3.51. The van der Waals surface area contributed by atoms with Gasteiger partial charge in [0.05, 0.1) is 12.1 Å². The topological polar surface area (TPSA) is 82.9 Å². The maximum atomic E-state index is 13.4. The number of allylic oxidation sites excluding steroid dienone is 3. The second-order valence-corrected chi connectivity index (χ2v) is 9.56. The number of alkyl halides is 6. The third-order valence-electron chi connectivity index (χ3n) is 5.91. The fourth-order valence-corrected chi connectivity index (χ4v) is 3.76. The molecule has 0 unspecified atom stereocenters. The Labute approximate surface area is 231 Å². The Morgan fingerprint density at radius 1 is 0.950 bits per heavy atom. The van der Waals surface area contributed by atoms with Crippen molar-refractivity contribution in [3.05, 3.63) is 83.1 Å². The summed E-state index contributed by atoms with van der Waals surface area (Å²) in [6.45, 7) is 2.75. The minimum Gasteiger partial charge on any atom is -0.405 e. The zero-order valence-electron chi connectivity index (χ0n) is 22.8. The van der Waals surface area contributed by atoms with E-state index in [4.69, 9.17) is 11.5 Å². The highest BCUT2D eigenvalue weighted by molar-refractivity contribution is 6.11. The molecule has 6 nitrogen and oxygen atoms in total. The van der Waals surface area contributed by atoms with Gasteiger partial charge in [0.15, 0.2) is 0 Å². The molecular formula is C28H36F6N6. The Morgan fingerprint density at radius 2 is 1.62 bits per heavy atom. The summed E-state index contributed by atoms with van der Waals surface area (Å²) >= 11 is 0. The van der Waals surface area contributed by atoms with E-state index in [0.29, 0.717) is 35.7 Å². The minimum atomic E-state index is -4.55. The predicted molar refractivity (Wildman–Crippen MR) is 149 cm³/mol. The predicted octanol–water partition coefficient (Wildman–Crippen LogP) is 5.53. The van der Waals surface area contributed by atoms with Gasteiger partial charge >= 0.3 is 12.4 Å². The van der Waals surface area contributed by atoms with Crippen LogP contribution in [0.3, 0.4) is 0 Å². The normalized spacial score (nSPS) is 13.6. The molecular weight excluding hydrogens is 534 g/mol. The van der Waals surface area contributed by atoms with Crippen LogP contribution in [-0.2, 0) is 12.6 Å². The van der Waals surface area contributed by atoms with Gasteiger partial charge in [0, 0.05) is 35.5 Å². The summed E-state index contributed by atoms with van der Waals surface area (Å²) in [7, 11) is 5.95. The maximum Gasteiger partial charge on any atom is 0.416 e. The largest absolute Gasteiger partial charge is 0.416 e. The zero-order valence-corrected chi connectivity index (χ0v) is 22.8. The van der Waals surface area contributed by atoms with Crippen LogP contribution >= 0.6 is 0 Å². The smallest absolute Gasteiger partial charge is 0.405 e. The lowest BCUT2D eigenvalue weighted by atomic mass is 10.0. The van der Waals surface area contributed by atoms with Crippen molar-refractivity contribution >= 4 is 17.2 Å². The number of hydrogen-bond acceptors (Lipinski definition) is 5. The lowest BCUT2D eigenvalue weighted by Gasteiger charge is -2.18. The highest BCUT2D eigenvalue weighted by Gasteiger charge is 2.33. The molecule has 12 heteroatoms. The summed E-state index contributed by atoms with van der Waals surface area (Å²) in [5, 5.41) is 3.02. The molecule has 0 radical (unpaired) electrons. The van der Waals surface area contributed by atoms with Gasteiger partial charge in [0.25, 0.3) is 0 Å². The molecule has 0 atom stereocenters. The Balaban J connectivity index is 2.31. The van der Waals surface area contributed by atoms with Crippen molar-refractivity contribution in [2.45, 2.75) is 25.2 Å². The molecule has 0 bridgehead atoms. The van der Waals surface area contributed by atoms with E-state index >= 15 is 0 Å². The van der Waals surface area contributed by atoms with Gasteiger partial charge in [-0.1, -0.05) is 12.1 Å². The average Bonchev–Trinajstić information content (AvgIpc) is 2.85. The van der Waals surface area contributed by atoms with Gasteiger partial charge in [-0.2, -0.15) is 26.3 Å². The first kappa shape index (κ1) is 32.7. The fourth-order valence-electron chi connectivity index (χ4n) is 3.76. The Kier molecular flexibility index (Phi) is 12.1. The summed E-state index contributed by atoms with van der Waals surface area (Å²) in [5.41, 5.74) is 11.1. The Morgan fingerprint density at radius 3 is 2.17 bits per heavy atom. The molecule has 220 valence electrons. The number of amidine groups is 1. The van der Waals surface area contributed by atoms with Crippen LogP contribution in [0.2, 0.25) is 0 Å². The van der Waals surface area contributed by atoms with Crippen molar-refractivity contribution in [3.63, 3.8) is 0 Å². The molecule has 0 aliphatic heterocycles. The van der Waals surface area contributed by atoms with Gasteiger partial charge in [0.2, 0.25) is 0 Å². The standard InChI is InChI=1S/C28H36F6N6/c1-39(2)15-5-16-40(3)17-14-37-26(38-23-10-8-21(9-11-23)27(29,30)31)24-12-7-20(19-25(24)36)18-22(6-4-13-35)28(32,33)34/h4,6-13,19H,5,14-18,35-36H2,1-3H3,(H,37,38)/b13-4-,22-6+. The zero-order chi connectivity index (χ0) is 29.9. The minimum absolute atomic E-state index is 0.172. The highest BCUT2D eigenvalue weighted by Crippen LogP contribution is 2.31. The molecule has 0 saturated carbocycles. The summed E-state index contributed by atoms with van der Waals surface area (Å²) < 4.78 is 79.2. The van der Waals surface area contributed by atoms with E-state index in [1.54, 1.807) is 6.07 Å². The molecule has 0 spiro atoms. The highest BCUT2D eigenvalue weighted by atomic mass is 19.4. The number of hydrogen-bond donors (Lipinski definition) is 3. The monoisotopic (exact) mass is 570 g/mol. The van der Waals surface area contributed by atoms with Gasteiger partial charge in [0.1, 0.15) is 5.84 Å². The first-order valence-corrected chi connectivity index (χ1v) is 12.6. The second kappa shape index (κ2) is 14.8. The Bertz CT molecular complexity index is 1170. The number of rotatable bonds is 12. The maximum absolute atomic E-state index is 13.4. The number of nitrogens with zero attached hydrogens (tertiary/aromatic N) is 3. The number of nitrogens with two attached hydrogens (primary N) is 2. The average molecular weight is 571 g/mol. The number of likely N-dealkylation sites (N-methyl/N-ethyl adjacent to an activating group) is 1. The molecule has 40 heavy (non-hydrogen) atoms. The fraction of sp³-hybridized carbons (Fsp3) is 0.393. The molecule has 0 amide bonds. The van der Waals surface area contributed by atoms with E-state index in [1.165, 1.54) is 24.3 Å². The van der Waals surface area contributed by atoms with Gasteiger partial charge in [-0.25, -0.2) is 0 Å². The van der Waals surface area contributed by atoms with Crippen molar-refractivity contribution in [2.75, 3.05) is 58.4 Å². The van der Waals surface area contributed by atoms with Crippen molar-refractivity contribution < 1.29 is 26.3 Å². The van der Waals surface area contributed by atoms with Gasteiger partial charge < -0.3 is 26.6 Å². The van der Waals surface area contributed by atoms with Gasteiger partial charge in [-0.15, -0.1) is 0 Å². The van der Waals surface area contributed by atoms with Crippen molar-refractivity contribution in [1.82, 2.24) is 9.80 Å². The number of aliphatic imine (C=N–C) groups is 1. The molecule has 2 aromatic carbocycles. The van der Waals surface area contributed by atoms with Crippen LogP contribution in [0.5, 0.6) is 0 Å². The lowest BCUT2D eigenvalue weighted by Crippen LogP contribution is -2.26. The first-order valence-electron chi connectivity index (χ1n) is 12.6. The quantitative estimate of drug-likeness (QED) is 0.103. The number of nitrogens with one attached hydrogen (secondary N) is 1. The lowest BCUT2D eigenvalue weighted by molar-refractivity contribution is -0.137. The molecule has 0 fully saturated rings. The summed E-state index contributed by atoms with van der Waals surface area (Å²) in [5.74, 6) is 0.295. The van der Waals surface area contributed by atoms with Crippen LogP contribution in [0, 0.1) is 0 Å². The molecule has 2 aromatic rings. The third kappa shape index (κ3) is 10.9. The van der Waals surface area contributed by atoms with E-state index in [-0.39, 0.29) is 5.69 Å². The molecule has 2 rings (SSSR count). The molecule has 0 aliphatic carbocycles. The van der Waals surface area contributed by atoms with E-state index in [1.807, 2.05) is 21.1 Å². The van der Waals surface area contributed by atoms with Crippen molar-refractivity contribution in [3.8, 4) is 0 Å². The van der Waals surface area contributed by atoms with Crippen molar-refractivity contribution in [2.24, 2.45) is 10.7 Å². The van der Waals surface area contributed by atoms with Crippen LogP contribution in [-0.4, -0.2) is 69.1 Å². The summed E-state index contributed by atoms with van der Waals surface area (Å²) in [6.07, 6.45) is -5.46. The van der Waals surface area contributed by atoms with Gasteiger partial charge in [-0.3, -0.25) is 4.99 Å². The summed E-state index contributed by atoms with van der Waals surface area (Å²) in [4.78, 5) is 8.81. The van der Waals surface area contributed by atoms with E-state index in [2.05, 4.69) is 20.1 Å². The number of anilines is 2. The molecule has 0 saturated heterocycles. The van der Waals surface area contributed by atoms with E-state index in [0.717, 1.165) is 50.0 Å². The van der Waals surface area contributed by atoms with E-state index in [9.17, 15) is 26.3 Å². The van der Waals surface area contributed by atoms with Gasteiger partial charge in [-0.05, 0) is 94.9 Å². The number of benzene rings is 2. The third-order valence-corrected chi connectivity index (χ3v) is 5.91. The molecule has 5 N–H and O–H groups in total. The van der Waals surface area contributed by atoms with E-state index < -0.39 is 29.9 Å². The van der Waals surface area contributed by atoms with Crippen molar-refractivity contribution in [1.29, 1.82) is 0 Å². The van der Waals surface area contributed by atoms with Crippen LogP contribution in [0.1, 0.15) is 23.1 Å². The van der Waals surface area contributed by atoms with Crippen LogP contribution < -0.4 is 16.8 Å². The van der Waals surface area contributed by atoms with Crippen LogP contribution in [0.25, 0.3) is 0 Å². The number of halogens is 6. The van der Waals surface area contributed by atoms with Crippen LogP contribution in [0.15, 0.2) is 71.4 Å². The SMILES string of the molecule is CN(C)CCCN(C)CCN=C(Nc1ccc(C(F)(F)F)cc1)c1ccc(C/C(=C\C=C/N)C(F)(F)F)cc1N. The van der Waals surface area contributed by atoms with Crippen LogP contribution in [0.4, 0.5) is 37.7 Å².